The molecule has 0 aliphatic heterocycles. The van der Waals surface area contributed by atoms with Gasteiger partial charge in [-0.2, -0.15) is 0 Å². The van der Waals surface area contributed by atoms with Crippen molar-refractivity contribution in [2.24, 2.45) is 4.99 Å². The Morgan fingerprint density at radius 2 is 1.93 bits per heavy atom. The van der Waals surface area contributed by atoms with Gasteiger partial charge in [-0.1, -0.05) is 24.3 Å². The molecule has 7 heteroatoms. The summed E-state index contributed by atoms with van der Waals surface area (Å²) in [5.41, 5.74) is 3.57. The van der Waals surface area contributed by atoms with Crippen molar-refractivity contribution in [3.8, 4) is 11.5 Å². The summed E-state index contributed by atoms with van der Waals surface area (Å²) in [5, 5.41) is 7.99. The van der Waals surface area contributed by atoms with Gasteiger partial charge in [0.25, 0.3) is 0 Å². The van der Waals surface area contributed by atoms with Crippen LogP contribution in [0.1, 0.15) is 18.1 Å². The second-order valence-corrected chi connectivity index (χ2v) is 6.38. The highest BCUT2D eigenvalue weighted by Crippen LogP contribution is 2.28. The molecule has 0 bridgehead atoms. The number of aromatic nitrogens is 1. The Morgan fingerprint density at radius 1 is 1.10 bits per heavy atom. The predicted molar refractivity (Wildman–Crippen MR) is 130 cm³/mol. The first-order valence-corrected chi connectivity index (χ1v) is 9.54. The summed E-state index contributed by atoms with van der Waals surface area (Å²) >= 11 is 0. The normalized spacial score (nSPS) is 11.1. The summed E-state index contributed by atoms with van der Waals surface area (Å²) in [6.45, 7) is 4.01. The standard InChI is InChI=1S/C22H28N4O2.HI/c1-4-28-21-13-16(9-10-20(21)27-3)14-26-22(23-2)24-12-11-17-15-25-19-8-6-5-7-18(17)19;/h5-10,13,15,25H,4,11-12,14H2,1-3H3,(H2,23,24,26);1H. The topological polar surface area (TPSA) is 70.7 Å². The molecule has 0 unspecified atom stereocenters. The van der Waals surface area contributed by atoms with E-state index >= 15 is 0 Å². The lowest BCUT2D eigenvalue weighted by Gasteiger charge is -2.14. The molecule has 156 valence electrons. The van der Waals surface area contributed by atoms with Gasteiger partial charge in [0, 0.05) is 37.2 Å². The second-order valence-electron chi connectivity index (χ2n) is 6.38. The summed E-state index contributed by atoms with van der Waals surface area (Å²) < 4.78 is 11.0. The van der Waals surface area contributed by atoms with Crippen LogP contribution in [-0.4, -0.2) is 38.3 Å². The van der Waals surface area contributed by atoms with Crippen molar-refractivity contribution < 1.29 is 9.47 Å². The first-order chi connectivity index (χ1) is 13.7. The zero-order valence-corrected chi connectivity index (χ0v) is 19.4. The lowest BCUT2D eigenvalue weighted by molar-refractivity contribution is 0.310. The van der Waals surface area contributed by atoms with Crippen LogP contribution in [0.3, 0.4) is 0 Å². The molecule has 2 aromatic carbocycles. The quantitative estimate of drug-likeness (QED) is 0.244. The monoisotopic (exact) mass is 508 g/mol. The van der Waals surface area contributed by atoms with E-state index in [0.29, 0.717) is 13.2 Å². The molecule has 0 atom stereocenters. The molecule has 0 aliphatic carbocycles. The van der Waals surface area contributed by atoms with Crippen LogP contribution in [0.2, 0.25) is 0 Å². The van der Waals surface area contributed by atoms with Crippen molar-refractivity contribution in [2.45, 2.75) is 19.9 Å². The molecule has 6 nitrogen and oxygen atoms in total. The number of nitrogens with zero attached hydrogens (tertiary/aromatic N) is 1. The van der Waals surface area contributed by atoms with Crippen LogP contribution in [0, 0.1) is 0 Å². The number of rotatable bonds is 8. The average molecular weight is 508 g/mol. The van der Waals surface area contributed by atoms with E-state index in [1.165, 1.54) is 16.5 Å². The lowest BCUT2D eigenvalue weighted by atomic mass is 10.1. The van der Waals surface area contributed by atoms with E-state index in [-0.39, 0.29) is 24.0 Å². The van der Waals surface area contributed by atoms with Crippen LogP contribution in [-0.2, 0) is 13.0 Å². The number of hydrogen-bond acceptors (Lipinski definition) is 3. The van der Waals surface area contributed by atoms with Crippen LogP contribution in [0.5, 0.6) is 11.5 Å². The van der Waals surface area contributed by atoms with Crippen LogP contribution >= 0.6 is 24.0 Å². The van der Waals surface area contributed by atoms with E-state index in [0.717, 1.165) is 36.0 Å². The van der Waals surface area contributed by atoms with Crippen molar-refractivity contribution >= 4 is 40.8 Å². The second kappa shape index (κ2) is 11.5. The Labute approximate surface area is 189 Å². The molecule has 0 saturated heterocycles. The minimum atomic E-state index is 0. The number of guanidine groups is 1. The SMILES string of the molecule is CCOc1cc(CNC(=NC)NCCc2c[nH]c3ccccc23)ccc1OC.I. The van der Waals surface area contributed by atoms with E-state index in [1.807, 2.05) is 31.2 Å². The maximum absolute atomic E-state index is 5.64. The van der Waals surface area contributed by atoms with Crippen molar-refractivity contribution in [2.75, 3.05) is 27.3 Å². The molecule has 3 aromatic rings. The highest BCUT2D eigenvalue weighted by Gasteiger charge is 2.07. The van der Waals surface area contributed by atoms with Gasteiger partial charge >= 0.3 is 0 Å². The van der Waals surface area contributed by atoms with Gasteiger partial charge in [-0.25, -0.2) is 0 Å². The Hall–Kier alpha value is -2.42. The van der Waals surface area contributed by atoms with Gasteiger partial charge < -0.3 is 25.1 Å². The first kappa shape index (κ1) is 22.9. The molecular formula is C22H29IN4O2. The molecule has 3 N–H and O–H groups in total. The lowest BCUT2D eigenvalue weighted by Crippen LogP contribution is -2.37. The number of methoxy groups -OCH3 is 1. The number of benzene rings is 2. The zero-order valence-electron chi connectivity index (χ0n) is 17.1. The van der Waals surface area contributed by atoms with Crippen molar-refractivity contribution in [3.63, 3.8) is 0 Å². The fourth-order valence-corrected chi connectivity index (χ4v) is 3.16. The van der Waals surface area contributed by atoms with Gasteiger partial charge in [-0.15, -0.1) is 24.0 Å². The van der Waals surface area contributed by atoms with Crippen molar-refractivity contribution in [3.05, 3.63) is 59.8 Å². The molecule has 0 saturated carbocycles. The number of H-pyrrole nitrogens is 1. The van der Waals surface area contributed by atoms with Gasteiger partial charge in [0.05, 0.1) is 13.7 Å². The maximum atomic E-state index is 5.64. The molecule has 1 aromatic heterocycles. The summed E-state index contributed by atoms with van der Waals surface area (Å²) in [6.07, 6.45) is 3.00. The zero-order chi connectivity index (χ0) is 19.8. The van der Waals surface area contributed by atoms with Crippen LogP contribution < -0.4 is 20.1 Å². The summed E-state index contributed by atoms with van der Waals surface area (Å²) in [4.78, 5) is 7.62. The largest absolute Gasteiger partial charge is 0.493 e. The molecule has 0 aliphatic rings. The van der Waals surface area contributed by atoms with E-state index in [2.05, 4.69) is 45.0 Å². The summed E-state index contributed by atoms with van der Waals surface area (Å²) in [5.74, 6) is 2.27. The Bertz CT molecular complexity index is 939. The maximum Gasteiger partial charge on any atom is 0.191 e. The first-order valence-electron chi connectivity index (χ1n) is 9.54. The molecule has 29 heavy (non-hydrogen) atoms. The molecular weight excluding hydrogens is 479 g/mol. The van der Waals surface area contributed by atoms with Crippen LogP contribution in [0.4, 0.5) is 0 Å². The van der Waals surface area contributed by atoms with Gasteiger partial charge in [0.15, 0.2) is 17.5 Å². The third-order valence-electron chi connectivity index (χ3n) is 4.57. The van der Waals surface area contributed by atoms with Gasteiger partial charge in [0.2, 0.25) is 0 Å². The minimum Gasteiger partial charge on any atom is -0.493 e. The molecule has 3 rings (SSSR count). The minimum absolute atomic E-state index is 0. The van der Waals surface area contributed by atoms with Gasteiger partial charge in [0.1, 0.15) is 0 Å². The Morgan fingerprint density at radius 3 is 2.69 bits per heavy atom. The number of halogens is 1. The third kappa shape index (κ3) is 6.03. The number of fused-ring (bicyclic) bond motifs is 1. The smallest absolute Gasteiger partial charge is 0.191 e. The molecule has 0 fully saturated rings. The number of aliphatic imine (C=N–C) groups is 1. The highest BCUT2D eigenvalue weighted by atomic mass is 127. The number of hydrogen-bond donors (Lipinski definition) is 3. The number of para-hydroxylation sites is 1. The van der Waals surface area contributed by atoms with Gasteiger partial charge in [-0.05, 0) is 42.7 Å². The molecule has 1 heterocycles. The number of nitrogens with one attached hydrogen (secondary N) is 3. The third-order valence-corrected chi connectivity index (χ3v) is 4.57. The van der Waals surface area contributed by atoms with E-state index in [9.17, 15) is 0 Å². The number of ether oxygens (including phenoxy) is 2. The number of aromatic amines is 1. The van der Waals surface area contributed by atoms with Crippen LogP contribution in [0.15, 0.2) is 53.7 Å². The summed E-state index contributed by atoms with van der Waals surface area (Å²) in [6, 6.07) is 14.3. The van der Waals surface area contributed by atoms with E-state index in [1.54, 1.807) is 14.2 Å². The van der Waals surface area contributed by atoms with Crippen molar-refractivity contribution in [1.82, 2.24) is 15.6 Å². The fourth-order valence-electron chi connectivity index (χ4n) is 3.16. The van der Waals surface area contributed by atoms with Gasteiger partial charge in [-0.3, -0.25) is 4.99 Å². The Kier molecular flexibility index (Phi) is 9.11. The molecule has 0 radical (unpaired) electrons. The average Bonchev–Trinajstić information content (AvgIpc) is 3.14. The molecule has 0 spiro atoms. The van der Waals surface area contributed by atoms with E-state index < -0.39 is 0 Å². The van der Waals surface area contributed by atoms with Crippen LogP contribution in [0.25, 0.3) is 10.9 Å². The summed E-state index contributed by atoms with van der Waals surface area (Å²) in [7, 11) is 3.43. The van der Waals surface area contributed by atoms with Crippen molar-refractivity contribution in [1.29, 1.82) is 0 Å². The predicted octanol–water partition coefficient (Wildman–Crippen LogP) is 4.10. The van der Waals surface area contributed by atoms with E-state index in [4.69, 9.17) is 9.47 Å². The highest BCUT2D eigenvalue weighted by molar-refractivity contribution is 14.0. The Balaban J connectivity index is 0.00000300. The fraction of sp³-hybridized carbons (Fsp3) is 0.318. The molecule has 0 amide bonds.